The number of terminal acetylenes is 1. The minimum Gasteiger partial charge on any atom is -0.342 e. The molecule has 0 heterocycles. The molecule has 0 spiro atoms. The van der Waals surface area contributed by atoms with E-state index in [2.05, 4.69) is 18.2 Å². The monoisotopic (exact) mass is 193 g/mol. The third kappa shape index (κ3) is 2.51. The first-order chi connectivity index (χ1) is 6.69. The average Bonchev–Trinajstić information content (AvgIpc) is 2.60. The average molecular weight is 193 g/mol. The van der Waals surface area contributed by atoms with Crippen LogP contribution in [0, 0.1) is 24.2 Å². The maximum atomic E-state index is 11.8. The van der Waals surface area contributed by atoms with Gasteiger partial charge in [-0.05, 0) is 25.2 Å². The molecule has 3 unspecified atom stereocenters. The van der Waals surface area contributed by atoms with Crippen LogP contribution in [-0.2, 0) is 4.79 Å². The van der Waals surface area contributed by atoms with E-state index in [1.807, 2.05) is 6.92 Å². The van der Waals surface area contributed by atoms with Gasteiger partial charge in [0.05, 0.1) is 6.04 Å². The second-order valence-electron chi connectivity index (χ2n) is 4.15. The highest BCUT2D eigenvalue weighted by molar-refractivity contribution is 5.79. The summed E-state index contributed by atoms with van der Waals surface area (Å²) in [5.74, 6) is 3.45. The fourth-order valence-electron chi connectivity index (χ4n) is 2.08. The van der Waals surface area contributed by atoms with Gasteiger partial charge in [-0.2, -0.15) is 0 Å². The first kappa shape index (κ1) is 11.1. The Balaban J connectivity index is 2.45. The van der Waals surface area contributed by atoms with Gasteiger partial charge in [0.25, 0.3) is 0 Å². The Morgan fingerprint density at radius 3 is 2.79 bits per heavy atom. The second-order valence-corrected chi connectivity index (χ2v) is 4.15. The molecule has 2 heteroatoms. The highest BCUT2D eigenvalue weighted by atomic mass is 16.1. The van der Waals surface area contributed by atoms with Crippen molar-refractivity contribution in [2.75, 3.05) is 0 Å². The molecular weight excluding hydrogens is 174 g/mol. The summed E-state index contributed by atoms with van der Waals surface area (Å²) in [4.78, 5) is 11.8. The fraction of sp³-hybridized carbons (Fsp3) is 0.750. The lowest BCUT2D eigenvalue weighted by molar-refractivity contribution is -0.126. The van der Waals surface area contributed by atoms with E-state index in [-0.39, 0.29) is 17.9 Å². The minimum absolute atomic E-state index is 0.0877. The molecule has 0 bridgehead atoms. The van der Waals surface area contributed by atoms with Crippen molar-refractivity contribution in [1.29, 1.82) is 0 Å². The van der Waals surface area contributed by atoms with E-state index in [0.29, 0.717) is 5.92 Å². The molecule has 1 N–H and O–H groups in total. The van der Waals surface area contributed by atoms with Crippen LogP contribution in [0.3, 0.4) is 0 Å². The second kappa shape index (κ2) is 5.05. The topological polar surface area (TPSA) is 29.1 Å². The van der Waals surface area contributed by atoms with Crippen molar-refractivity contribution in [2.45, 2.75) is 45.6 Å². The van der Waals surface area contributed by atoms with Gasteiger partial charge in [-0.3, -0.25) is 4.79 Å². The lowest BCUT2D eigenvalue weighted by Gasteiger charge is -2.17. The molecule has 0 aromatic carbocycles. The number of hydrogen-bond acceptors (Lipinski definition) is 1. The van der Waals surface area contributed by atoms with Crippen molar-refractivity contribution < 1.29 is 4.79 Å². The summed E-state index contributed by atoms with van der Waals surface area (Å²) >= 11 is 0. The molecule has 2 nitrogen and oxygen atoms in total. The Morgan fingerprint density at radius 1 is 1.64 bits per heavy atom. The van der Waals surface area contributed by atoms with Crippen molar-refractivity contribution in [3.8, 4) is 12.3 Å². The molecule has 1 amide bonds. The zero-order valence-corrected chi connectivity index (χ0v) is 9.05. The van der Waals surface area contributed by atoms with E-state index in [1.54, 1.807) is 0 Å². The van der Waals surface area contributed by atoms with Gasteiger partial charge in [0, 0.05) is 5.92 Å². The molecule has 0 saturated heterocycles. The number of carbonyl (C=O) groups excluding carboxylic acids is 1. The highest BCUT2D eigenvalue weighted by Gasteiger charge is 2.30. The molecule has 1 saturated carbocycles. The molecule has 78 valence electrons. The van der Waals surface area contributed by atoms with E-state index in [9.17, 15) is 4.79 Å². The summed E-state index contributed by atoms with van der Waals surface area (Å²) in [5, 5.41) is 2.91. The summed E-state index contributed by atoms with van der Waals surface area (Å²) in [6.45, 7) is 4.14. The van der Waals surface area contributed by atoms with E-state index in [1.165, 1.54) is 12.8 Å². The van der Waals surface area contributed by atoms with Gasteiger partial charge in [0.2, 0.25) is 5.91 Å². The normalized spacial score (nSPS) is 28.1. The van der Waals surface area contributed by atoms with Crippen LogP contribution >= 0.6 is 0 Å². The lowest BCUT2D eigenvalue weighted by Crippen LogP contribution is -2.38. The molecule has 0 radical (unpaired) electrons. The molecule has 0 aromatic heterocycles. The summed E-state index contributed by atoms with van der Waals surface area (Å²) in [6.07, 6.45) is 9.48. The first-order valence-electron chi connectivity index (χ1n) is 5.45. The summed E-state index contributed by atoms with van der Waals surface area (Å²) in [7, 11) is 0. The Kier molecular flexibility index (Phi) is 4.00. The SMILES string of the molecule is C#CC(CC)NC(=O)C1CCCC1C. The molecule has 0 aromatic rings. The van der Waals surface area contributed by atoms with Crippen molar-refractivity contribution in [1.82, 2.24) is 5.32 Å². The molecule has 1 rings (SSSR count). The Hall–Kier alpha value is -0.970. The Labute approximate surface area is 86.5 Å². The van der Waals surface area contributed by atoms with Crippen molar-refractivity contribution >= 4 is 5.91 Å². The molecule has 14 heavy (non-hydrogen) atoms. The quantitative estimate of drug-likeness (QED) is 0.682. The highest BCUT2D eigenvalue weighted by Crippen LogP contribution is 2.31. The lowest BCUT2D eigenvalue weighted by atomic mass is 9.97. The molecular formula is C12H19NO. The van der Waals surface area contributed by atoms with Crippen molar-refractivity contribution in [3.05, 3.63) is 0 Å². The maximum Gasteiger partial charge on any atom is 0.224 e. The van der Waals surface area contributed by atoms with Gasteiger partial charge >= 0.3 is 0 Å². The summed E-state index contributed by atoms with van der Waals surface area (Å²) < 4.78 is 0. The zero-order valence-electron chi connectivity index (χ0n) is 9.05. The predicted molar refractivity (Wildman–Crippen MR) is 57.6 cm³/mol. The van der Waals surface area contributed by atoms with Crippen molar-refractivity contribution in [3.63, 3.8) is 0 Å². The zero-order chi connectivity index (χ0) is 10.6. The largest absolute Gasteiger partial charge is 0.342 e. The molecule has 0 aliphatic heterocycles. The maximum absolute atomic E-state index is 11.8. The Morgan fingerprint density at radius 2 is 2.36 bits per heavy atom. The van der Waals surface area contributed by atoms with E-state index >= 15 is 0 Å². The standard InChI is InChI=1S/C12H19NO/c1-4-10(5-2)13-12(14)11-8-6-7-9(11)3/h1,9-11H,5-8H2,2-3H3,(H,13,14). The van der Waals surface area contributed by atoms with E-state index < -0.39 is 0 Å². The van der Waals surface area contributed by atoms with Crippen LogP contribution in [0.5, 0.6) is 0 Å². The third-order valence-corrected chi connectivity index (χ3v) is 3.12. The summed E-state index contributed by atoms with van der Waals surface area (Å²) in [6, 6.07) is -0.0877. The predicted octanol–water partition coefficient (Wildman–Crippen LogP) is 1.95. The van der Waals surface area contributed by atoms with Crippen LogP contribution in [0.2, 0.25) is 0 Å². The van der Waals surface area contributed by atoms with Crippen LogP contribution in [0.4, 0.5) is 0 Å². The van der Waals surface area contributed by atoms with Crippen LogP contribution in [-0.4, -0.2) is 11.9 Å². The van der Waals surface area contributed by atoms with Gasteiger partial charge in [-0.15, -0.1) is 6.42 Å². The third-order valence-electron chi connectivity index (χ3n) is 3.12. The smallest absolute Gasteiger partial charge is 0.224 e. The van der Waals surface area contributed by atoms with Crippen LogP contribution in [0.15, 0.2) is 0 Å². The first-order valence-corrected chi connectivity index (χ1v) is 5.45. The van der Waals surface area contributed by atoms with Crippen molar-refractivity contribution in [2.24, 2.45) is 11.8 Å². The van der Waals surface area contributed by atoms with Crippen LogP contribution in [0.25, 0.3) is 0 Å². The van der Waals surface area contributed by atoms with Gasteiger partial charge in [0.15, 0.2) is 0 Å². The number of carbonyl (C=O) groups is 1. The fourth-order valence-corrected chi connectivity index (χ4v) is 2.08. The molecule has 3 atom stereocenters. The molecule has 1 fully saturated rings. The minimum atomic E-state index is -0.0877. The number of nitrogens with one attached hydrogen (secondary N) is 1. The Bertz CT molecular complexity index is 241. The van der Waals surface area contributed by atoms with Gasteiger partial charge in [0.1, 0.15) is 0 Å². The van der Waals surface area contributed by atoms with Crippen LogP contribution in [0.1, 0.15) is 39.5 Å². The van der Waals surface area contributed by atoms with Gasteiger partial charge in [-0.25, -0.2) is 0 Å². The summed E-state index contributed by atoms with van der Waals surface area (Å²) in [5.41, 5.74) is 0. The van der Waals surface area contributed by atoms with E-state index in [0.717, 1.165) is 12.8 Å². The number of rotatable bonds is 3. The molecule has 1 aliphatic carbocycles. The van der Waals surface area contributed by atoms with E-state index in [4.69, 9.17) is 6.42 Å². The van der Waals surface area contributed by atoms with Gasteiger partial charge < -0.3 is 5.32 Å². The van der Waals surface area contributed by atoms with Crippen LogP contribution < -0.4 is 5.32 Å². The number of amides is 1. The van der Waals surface area contributed by atoms with Gasteiger partial charge in [-0.1, -0.05) is 26.2 Å². The number of hydrogen-bond donors (Lipinski definition) is 1. The molecule has 1 aliphatic rings.